The molecule has 0 spiro atoms. The summed E-state index contributed by atoms with van der Waals surface area (Å²) >= 11 is 3.35. The molecule has 0 fully saturated rings. The predicted molar refractivity (Wildman–Crippen MR) is 155 cm³/mol. The first kappa shape index (κ1) is 25.9. The molecule has 0 aliphatic rings. The third kappa shape index (κ3) is 5.30. The molecule has 1 N–H and O–H groups in total. The van der Waals surface area contributed by atoms with Gasteiger partial charge >= 0.3 is 5.97 Å². The molecule has 6 aromatic rings. The van der Waals surface area contributed by atoms with Gasteiger partial charge in [-0.3, -0.25) is 9.59 Å². The van der Waals surface area contributed by atoms with Crippen LogP contribution in [0, 0.1) is 6.92 Å². The molecule has 0 bridgehead atoms. The molecule has 6 nitrogen and oxygen atoms in total. The van der Waals surface area contributed by atoms with E-state index in [2.05, 4.69) is 15.9 Å². The van der Waals surface area contributed by atoms with E-state index in [1.807, 2.05) is 66.7 Å². The van der Waals surface area contributed by atoms with Crippen molar-refractivity contribution in [2.45, 2.75) is 6.92 Å². The molecule has 0 aliphatic heterocycles. The second-order valence-electron chi connectivity index (χ2n) is 8.72. The van der Waals surface area contributed by atoms with E-state index in [1.54, 1.807) is 31.2 Å². The normalized spacial score (nSPS) is 10.7. The Labute approximate surface area is 230 Å². The molecule has 0 saturated heterocycles. The first-order chi connectivity index (χ1) is 18.8. The van der Waals surface area contributed by atoms with Gasteiger partial charge in [-0.25, -0.2) is 4.79 Å². The summed E-state index contributed by atoms with van der Waals surface area (Å²) in [5, 5.41) is 10.1. The molecular weight excluding hydrogens is 560 g/mol. The lowest BCUT2D eigenvalue weighted by atomic mass is 10.0. The quantitative estimate of drug-likeness (QED) is 0.230. The summed E-state index contributed by atoms with van der Waals surface area (Å²) in [5.41, 5.74) is 2.57. The molecule has 0 amide bonds. The highest BCUT2D eigenvalue weighted by atomic mass is 79.9. The lowest BCUT2D eigenvalue weighted by Crippen LogP contribution is -2.09. The Kier molecular flexibility index (Phi) is 7.25. The molecule has 6 rings (SSSR count). The molecular formula is C32H21BrO6. The summed E-state index contributed by atoms with van der Waals surface area (Å²) < 4.78 is 12.4. The maximum atomic E-state index is 12.4. The van der Waals surface area contributed by atoms with Gasteiger partial charge in [0, 0.05) is 27.2 Å². The second-order valence-corrected chi connectivity index (χ2v) is 9.64. The lowest BCUT2D eigenvalue weighted by molar-refractivity contribution is 0.0698. The first-order valence-corrected chi connectivity index (χ1v) is 12.8. The minimum absolute atomic E-state index is 0.0122. The number of aromatic carboxylic acids is 1. The SMILES string of the molecule is Cc1c(-c2ccccc2)oc2c(C(=O)O)cccc2c1=O.O=c1cc(-c2ccccc2)oc2ccc(Br)cc12. The van der Waals surface area contributed by atoms with Gasteiger partial charge in [0.1, 0.15) is 22.7 Å². The van der Waals surface area contributed by atoms with E-state index >= 15 is 0 Å². The summed E-state index contributed by atoms with van der Waals surface area (Å²) in [7, 11) is 0. The number of rotatable bonds is 3. The third-order valence-electron chi connectivity index (χ3n) is 6.16. The third-order valence-corrected chi connectivity index (χ3v) is 6.65. The second kappa shape index (κ2) is 10.9. The van der Waals surface area contributed by atoms with E-state index < -0.39 is 5.97 Å². The van der Waals surface area contributed by atoms with Crippen LogP contribution in [0.1, 0.15) is 15.9 Å². The van der Waals surface area contributed by atoms with Crippen LogP contribution in [0.15, 0.2) is 126 Å². The maximum Gasteiger partial charge on any atom is 0.339 e. The summed E-state index contributed by atoms with van der Waals surface area (Å²) in [6, 6.07) is 30.3. The molecule has 192 valence electrons. The number of para-hydroxylation sites is 1. The van der Waals surface area contributed by atoms with Crippen LogP contribution < -0.4 is 10.9 Å². The maximum absolute atomic E-state index is 12.4. The Morgan fingerprint density at radius 2 is 1.41 bits per heavy atom. The minimum Gasteiger partial charge on any atom is -0.478 e. The Morgan fingerprint density at radius 1 is 0.744 bits per heavy atom. The summed E-state index contributed by atoms with van der Waals surface area (Å²) in [4.78, 5) is 35.8. The van der Waals surface area contributed by atoms with Crippen LogP contribution in [0.25, 0.3) is 44.6 Å². The zero-order valence-electron chi connectivity index (χ0n) is 20.7. The number of carboxylic acid groups (broad SMARTS) is 1. The van der Waals surface area contributed by atoms with Gasteiger partial charge in [-0.1, -0.05) is 82.7 Å². The Hall–Kier alpha value is -4.75. The van der Waals surface area contributed by atoms with Crippen LogP contribution in [0.5, 0.6) is 0 Å². The number of carboxylic acids is 1. The van der Waals surface area contributed by atoms with Gasteiger partial charge in [-0.15, -0.1) is 0 Å². The van der Waals surface area contributed by atoms with Crippen molar-refractivity contribution in [1.29, 1.82) is 0 Å². The van der Waals surface area contributed by atoms with E-state index in [4.69, 9.17) is 8.83 Å². The van der Waals surface area contributed by atoms with Crippen molar-refractivity contribution in [3.05, 3.63) is 139 Å². The number of carbonyl (C=O) groups is 1. The van der Waals surface area contributed by atoms with Crippen LogP contribution >= 0.6 is 15.9 Å². The van der Waals surface area contributed by atoms with Gasteiger partial charge in [0.2, 0.25) is 0 Å². The topological polar surface area (TPSA) is 97.7 Å². The zero-order chi connectivity index (χ0) is 27.5. The average molecular weight is 581 g/mol. The Balaban J connectivity index is 0.000000160. The number of hydrogen-bond acceptors (Lipinski definition) is 5. The molecule has 39 heavy (non-hydrogen) atoms. The molecule has 4 aromatic carbocycles. The highest BCUT2D eigenvalue weighted by molar-refractivity contribution is 9.10. The van der Waals surface area contributed by atoms with Gasteiger partial charge in [0.25, 0.3) is 0 Å². The molecule has 0 radical (unpaired) electrons. The Bertz CT molecular complexity index is 1940. The number of benzene rings is 4. The molecule has 0 unspecified atom stereocenters. The molecule has 2 heterocycles. The highest BCUT2D eigenvalue weighted by Gasteiger charge is 2.17. The van der Waals surface area contributed by atoms with Gasteiger partial charge in [0.05, 0.1) is 10.8 Å². The molecule has 7 heteroatoms. The van der Waals surface area contributed by atoms with Gasteiger partial charge in [-0.05, 0) is 37.3 Å². The number of hydrogen-bond donors (Lipinski definition) is 1. The van der Waals surface area contributed by atoms with E-state index in [1.165, 1.54) is 12.1 Å². The van der Waals surface area contributed by atoms with Crippen LogP contribution in [0.3, 0.4) is 0 Å². The lowest BCUT2D eigenvalue weighted by Gasteiger charge is -2.08. The zero-order valence-corrected chi connectivity index (χ0v) is 22.3. The van der Waals surface area contributed by atoms with Crippen molar-refractivity contribution in [2.24, 2.45) is 0 Å². The smallest absolute Gasteiger partial charge is 0.339 e. The van der Waals surface area contributed by atoms with Crippen LogP contribution in [0.4, 0.5) is 0 Å². The fourth-order valence-electron chi connectivity index (χ4n) is 4.22. The molecule has 0 saturated carbocycles. The van der Waals surface area contributed by atoms with E-state index in [9.17, 15) is 19.5 Å². The number of halogens is 1. The van der Waals surface area contributed by atoms with Gasteiger partial charge in [-0.2, -0.15) is 0 Å². The Morgan fingerprint density at radius 3 is 2.08 bits per heavy atom. The van der Waals surface area contributed by atoms with Crippen molar-refractivity contribution in [3.8, 4) is 22.6 Å². The van der Waals surface area contributed by atoms with E-state index in [-0.39, 0.29) is 27.4 Å². The fraction of sp³-hybridized carbons (Fsp3) is 0.0312. The standard InChI is InChI=1S/C17H12O4.C15H9BrO2/c1-10-14(18)12-8-5-9-13(17(19)20)16(12)21-15(10)11-6-3-2-4-7-11;16-11-6-7-14-12(8-11)13(17)9-15(18-14)10-4-2-1-3-5-10/h2-9H,1H3,(H,19,20);1-9H. The van der Waals surface area contributed by atoms with Crippen molar-refractivity contribution in [1.82, 2.24) is 0 Å². The van der Waals surface area contributed by atoms with E-state index in [0.29, 0.717) is 28.1 Å². The van der Waals surface area contributed by atoms with Gasteiger partial charge < -0.3 is 13.9 Å². The highest BCUT2D eigenvalue weighted by Crippen LogP contribution is 2.27. The number of fused-ring (bicyclic) bond motifs is 2. The van der Waals surface area contributed by atoms with Crippen LogP contribution in [-0.2, 0) is 0 Å². The molecule has 0 aliphatic carbocycles. The van der Waals surface area contributed by atoms with E-state index in [0.717, 1.165) is 15.6 Å². The fourth-order valence-corrected chi connectivity index (χ4v) is 4.58. The monoisotopic (exact) mass is 580 g/mol. The van der Waals surface area contributed by atoms with Crippen molar-refractivity contribution in [3.63, 3.8) is 0 Å². The van der Waals surface area contributed by atoms with Crippen molar-refractivity contribution < 1.29 is 18.7 Å². The van der Waals surface area contributed by atoms with Crippen LogP contribution in [-0.4, -0.2) is 11.1 Å². The van der Waals surface area contributed by atoms with Crippen molar-refractivity contribution >= 4 is 43.8 Å². The minimum atomic E-state index is -1.12. The van der Waals surface area contributed by atoms with Crippen molar-refractivity contribution in [2.75, 3.05) is 0 Å². The largest absolute Gasteiger partial charge is 0.478 e. The predicted octanol–water partition coefficient (Wildman–Crippen LogP) is 7.69. The average Bonchev–Trinajstić information content (AvgIpc) is 2.96. The molecule has 2 aromatic heterocycles. The summed E-state index contributed by atoms with van der Waals surface area (Å²) in [6.45, 7) is 1.68. The molecule has 0 atom stereocenters. The van der Waals surface area contributed by atoms with Gasteiger partial charge in [0.15, 0.2) is 16.4 Å². The summed E-state index contributed by atoms with van der Waals surface area (Å²) in [5.74, 6) is -0.121. The summed E-state index contributed by atoms with van der Waals surface area (Å²) in [6.07, 6.45) is 0. The first-order valence-electron chi connectivity index (χ1n) is 12.0. The van der Waals surface area contributed by atoms with Crippen LogP contribution in [0.2, 0.25) is 0 Å².